The maximum atomic E-state index is 12.7. The highest BCUT2D eigenvalue weighted by molar-refractivity contribution is 5.94. The van der Waals surface area contributed by atoms with Crippen LogP contribution in [0.2, 0.25) is 0 Å². The van der Waals surface area contributed by atoms with Gasteiger partial charge in [-0.15, -0.1) is 0 Å². The molecule has 3 aromatic carbocycles. The number of fused-ring (bicyclic) bond motifs is 1. The molecule has 1 atom stereocenters. The van der Waals surface area contributed by atoms with Crippen molar-refractivity contribution in [1.29, 1.82) is 0 Å². The van der Waals surface area contributed by atoms with Crippen LogP contribution in [0.5, 0.6) is 5.75 Å². The molecule has 0 radical (unpaired) electrons. The third-order valence-electron chi connectivity index (χ3n) is 5.04. The van der Waals surface area contributed by atoms with Gasteiger partial charge in [0.1, 0.15) is 12.4 Å². The Morgan fingerprint density at radius 2 is 1.67 bits per heavy atom. The van der Waals surface area contributed by atoms with E-state index in [0.29, 0.717) is 12.2 Å². The van der Waals surface area contributed by atoms with Gasteiger partial charge in [-0.05, 0) is 60.2 Å². The molecule has 1 aliphatic rings. The Bertz CT molecular complexity index is 903. The van der Waals surface area contributed by atoms with Crippen molar-refractivity contribution in [3.05, 3.63) is 101 Å². The monoisotopic (exact) mass is 357 g/mol. The molecule has 136 valence electrons. The van der Waals surface area contributed by atoms with E-state index in [1.165, 1.54) is 11.1 Å². The zero-order chi connectivity index (χ0) is 18.5. The van der Waals surface area contributed by atoms with Crippen LogP contribution in [0.15, 0.2) is 78.9 Å². The minimum absolute atomic E-state index is 0.0211. The van der Waals surface area contributed by atoms with Crippen molar-refractivity contribution in [3.8, 4) is 5.75 Å². The van der Waals surface area contributed by atoms with E-state index in [1.54, 1.807) is 0 Å². The van der Waals surface area contributed by atoms with E-state index in [-0.39, 0.29) is 11.9 Å². The molecule has 0 saturated heterocycles. The zero-order valence-corrected chi connectivity index (χ0v) is 15.2. The molecule has 0 aromatic heterocycles. The third kappa shape index (κ3) is 4.20. The van der Waals surface area contributed by atoms with Gasteiger partial charge in [-0.25, -0.2) is 0 Å². The van der Waals surface area contributed by atoms with E-state index in [2.05, 4.69) is 23.5 Å². The molecule has 0 saturated carbocycles. The van der Waals surface area contributed by atoms with Crippen LogP contribution in [0, 0.1) is 0 Å². The Balaban J connectivity index is 1.38. The fraction of sp³-hybridized carbons (Fsp3) is 0.208. The van der Waals surface area contributed by atoms with Crippen molar-refractivity contribution >= 4 is 5.91 Å². The lowest BCUT2D eigenvalue weighted by atomic mass is 9.87. The summed E-state index contributed by atoms with van der Waals surface area (Å²) in [4.78, 5) is 12.7. The van der Waals surface area contributed by atoms with Crippen LogP contribution >= 0.6 is 0 Å². The van der Waals surface area contributed by atoms with Crippen LogP contribution in [0.3, 0.4) is 0 Å². The van der Waals surface area contributed by atoms with Crippen LogP contribution in [-0.4, -0.2) is 5.91 Å². The maximum Gasteiger partial charge on any atom is 0.251 e. The fourth-order valence-corrected chi connectivity index (χ4v) is 3.58. The zero-order valence-electron chi connectivity index (χ0n) is 15.2. The Hall–Kier alpha value is -3.07. The van der Waals surface area contributed by atoms with Gasteiger partial charge >= 0.3 is 0 Å². The second-order valence-electron chi connectivity index (χ2n) is 6.92. The van der Waals surface area contributed by atoms with E-state index < -0.39 is 0 Å². The number of aryl methyl sites for hydroxylation is 1. The van der Waals surface area contributed by atoms with Crippen LogP contribution in [0.4, 0.5) is 0 Å². The Morgan fingerprint density at radius 1 is 0.926 bits per heavy atom. The molecular formula is C24H23NO2. The van der Waals surface area contributed by atoms with Crippen molar-refractivity contribution in [2.75, 3.05) is 0 Å². The number of para-hydroxylation sites is 1. The molecule has 0 bridgehead atoms. The molecule has 3 nitrogen and oxygen atoms in total. The average molecular weight is 357 g/mol. The summed E-state index contributed by atoms with van der Waals surface area (Å²) in [7, 11) is 0. The van der Waals surface area contributed by atoms with E-state index in [1.807, 2.05) is 60.7 Å². The first-order valence-electron chi connectivity index (χ1n) is 9.45. The van der Waals surface area contributed by atoms with Crippen LogP contribution in [0.25, 0.3) is 0 Å². The van der Waals surface area contributed by atoms with Gasteiger partial charge in [0.2, 0.25) is 0 Å². The van der Waals surface area contributed by atoms with E-state index in [0.717, 1.165) is 30.6 Å². The van der Waals surface area contributed by atoms with Gasteiger partial charge in [0, 0.05) is 5.56 Å². The van der Waals surface area contributed by atoms with Gasteiger partial charge in [0.25, 0.3) is 5.91 Å². The van der Waals surface area contributed by atoms with E-state index in [4.69, 9.17) is 4.74 Å². The van der Waals surface area contributed by atoms with Crippen molar-refractivity contribution in [2.45, 2.75) is 31.9 Å². The first kappa shape index (κ1) is 17.3. The highest BCUT2D eigenvalue weighted by Gasteiger charge is 2.21. The van der Waals surface area contributed by atoms with Crippen molar-refractivity contribution in [3.63, 3.8) is 0 Å². The number of rotatable bonds is 5. The smallest absolute Gasteiger partial charge is 0.251 e. The normalized spacial score (nSPS) is 15.6. The predicted octanol–water partition coefficient (Wildman–Crippen LogP) is 5.07. The van der Waals surface area contributed by atoms with Crippen LogP contribution < -0.4 is 10.1 Å². The highest BCUT2D eigenvalue weighted by atomic mass is 16.5. The molecule has 1 amide bonds. The minimum Gasteiger partial charge on any atom is -0.489 e. The van der Waals surface area contributed by atoms with Gasteiger partial charge in [0.05, 0.1) is 6.04 Å². The lowest BCUT2D eigenvalue weighted by Crippen LogP contribution is -2.30. The summed E-state index contributed by atoms with van der Waals surface area (Å²) >= 11 is 0. The topological polar surface area (TPSA) is 38.3 Å². The number of hydrogen-bond donors (Lipinski definition) is 1. The standard InChI is InChI=1S/C24H23NO2/c26-24(25-23-12-6-8-19-7-4-5-11-22(19)23)20-15-13-18(14-16-20)17-27-21-9-2-1-3-10-21/h1-5,7,9-11,13-16,23H,6,8,12,17H2,(H,25,26)/t23-/m0/s1. The molecule has 0 aliphatic heterocycles. The second-order valence-corrected chi connectivity index (χ2v) is 6.92. The number of carbonyl (C=O) groups excluding carboxylic acids is 1. The van der Waals surface area contributed by atoms with Crippen molar-refractivity contribution < 1.29 is 9.53 Å². The van der Waals surface area contributed by atoms with Crippen LogP contribution in [0.1, 0.15) is 45.9 Å². The first-order chi connectivity index (χ1) is 13.3. The minimum atomic E-state index is -0.0211. The molecule has 1 aliphatic carbocycles. The largest absolute Gasteiger partial charge is 0.489 e. The first-order valence-corrected chi connectivity index (χ1v) is 9.45. The molecule has 3 heteroatoms. The molecule has 0 heterocycles. The Morgan fingerprint density at radius 3 is 2.48 bits per heavy atom. The molecule has 0 fully saturated rings. The molecule has 0 unspecified atom stereocenters. The summed E-state index contributed by atoms with van der Waals surface area (Å²) in [5, 5.41) is 3.20. The van der Waals surface area contributed by atoms with Crippen molar-refractivity contribution in [2.24, 2.45) is 0 Å². The SMILES string of the molecule is O=C(N[C@H]1CCCc2ccccc21)c1ccc(COc2ccccc2)cc1. The molecule has 1 N–H and O–H groups in total. The quantitative estimate of drug-likeness (QED) is 0.692. The highest BCUT2D eigenvalue weighted by Crippen LogP contribution is 2.29. The molecular weight excluding hydrogens is 334 g/mol. The predicted molar refractivity (Wildman–Crippen MR) is 107 cm³/mol. The number of benzene rings is 3. The van der Waals surface area contributed by atoms with Gasteiger partial charge in [-0.3, -0.25) is 4.79 Å². The van der Waals surface area contributed by atoms with Gasteiger partial charge in [-0.1, -0.05) is 54.6 Å². The number of hydrogen-bond acceptors (Lipinski definition) is 2. The Kier molecular flexibility index (Phi) is 5.20. The summed E-state index contributed by atoms with van der Waals surface area (Å²) in [5.41, 5.74) is 4.33. The molecule has 27 heavy (non-hydrogen) atoms. The van der Waals surface area contributed by atoms with Gasteiger partial charge in [0.15, 0.2) is 0 Å². The average Bonchev–Trinajstić information content (AvgIpc) is 2.74. The number of carbonyl (C=O) groups is 1. The molecule has 3 aromatic rings. The summed E-state index contributed by atoms with van der Waals surface area (Å²) in [5.74, 6) is 0.822. The summed E-state index contributed by atoms with van der Waals surface area (Å²) in [6, 6.07) is 25.9. The lowest BCUT2D eigenvalue weighted by Gasteiger charge is -2.26. The van der Waals surface area contributed by atoms with Crippen LogP contribution in [-0.2, 0) is 13.0 Å². The van der Waals surface area contributed by atoms with Gasteiger partial charge < -0.3 is 10.1 Å². The summed E-state index contributed by atoms with van der Waals surface area (Å²) < 4.78 is 5.75. The molecule has 4 rings (SSSR count). The maximum absolute atomic E-state index is 12.7. The second kappa shape index (κ2) is 8.09. The van der Waals surface area contributed by atoms with Crippen molar-refractivity contribution in [1.82, 2.24) is 5.32 Å². The molecule has 0 spiro atoms. The lowest BCUT2D eigenvalue weighted by molar-refractivity contribution is 0.0932. The number of ether oxygens (including phenoxy) is 1. The third-order valence-corrected chi connectivity index (χ3v) is 5.04. The number of amides is 1. The number of nitrogens with one attached hydrogen (secondary N) is 1. The fourth-order valence-electron chi connectivity index (χ4n) is 3.58. The van der Waals surface area contributed by atoms with E-state index >= 15 is 0 Å². The Labute approximate surface area is 160 Å². The summed E-state index contributed by atoms with van der Waals surface area (Å²) in [6.45, 7) is 0.488. The van der Waals surface area contributed by atoms with E-state index in [9.17, 15) is 4.79 Å². The van der Waals surface area contributed by atoms with Gasteiger partial charge in [-0.2, -0.15) is 0 Å². The summed E-state index contributed by atoms with van der Waals surface area (Å²) in [6.07, 6.45) is 3.20.